The van der Waals surface area contributed by atoms with Gasteiger partial charge in [0.2, 0.25) is 0 Å². The highest BCUT2D eigenvalue weighted by Gasteiger charge is 2.49. The van der Waals surface area contributed by atoms with Crippen LogP contribution in [0.25, 0.3) is 21.6 Å². The van der Waals surface area contributed by atoms with Crippen molar-refractivity contribution in [3.05, 3.63) is 83.3 Å². The Morgan fingerprint density at radius 3 is 2.54 bits per heavy atom. The summed E-state index contributed by atoms with van der Waals surface area (Å²) in [5, 5.41) is 12.3. The standard InChI is InChI=1S/C35H36N4O6S/c1-6-43-23-12-13-24-27(19-23)46-35(37-24)39-31(22-11-14-25(26(18-22)44-7-2)45-17-15-20(3)4)29(33(41)34(39)42)32(40)30-21(5)36-28-10-8-9-16-38(28)30/h8-14,16,18-20,31,40H,6-7,15,17H2,1-5H3. The second-order valence-corrected chi connectivity index (χ2v) is 12.4. The van der Waals surface area contributed by atoms with Crippen molar-refractivity contribution in [3.63, 3.8) is 0 Å². The van der Waals surface area contributed by atoms with Crippen LogP contribution in [0.1, 0.15) is 57.1 Å². The maximum Gasteiger partial charge on any atom is 0.301 e. The lowest BCUT2D eigenvalue weighted by Gasteiger charge is -2.24. The molecule has 10 nitrogen and oxygen atoms in total. The molecule has 1 saturated heterocycles. The first kappa shape index (κ1) is 31.1. The molecular weight excluding hydrogens is 604 g/mol. The smallest absolute Gasteiger partial charge is 0.301 e. The lowest BCUT2D eigenvalue weighted by molar-refractivity contribution is -0.132. The molecule has 3 aromatic heterocycles. The van der Waals surface area contributed by atoms with Gasteiger partial charge in [-0.2, -0.15) is 0 Å². The Balaban J connectivity index is 1.54. The van der Waals surface area contributed by atoms with Gasteiger partial charge in [-0.1, -0.05) is 37.3 Å². The number of amides is 1. The SMILES string of the molecule is CCOc1ccc2nc(N3C(=O)C(=O)C(=C(O)c4c(C)nc5ccccn45)C3c3ccc(OCCC(C)C)c(OCC)c3)sc2c1. The minimum atomic E-state index is -1.01. The molecule has 6 rings (SSSR count). The van der Waals surface area contributed by atoms with Crippen molar-refractivity contribution < 1.29 is 28.9 Å². The number of hydrogen-bond acceptors (Lipinski definition) is 9. The van der Waals surface area contributed by atoms with E-state index >= 15 is 0 Å². The summed E-state index contributed by atoms with van der Waals surface area (Å²) in [6, 6.07) is 15.3. The van der Waals surface area contributed by atoms with Gasteiger partial charge in [-0.15, -0.1) is 0 Å². The van der Waals surface area contributed by atoms with Crippen molar-refractivity contribution in [2.75, 3.05) is 24.7 Å². The Hall–Kier alpha value is -4.90. The number of aliphatic hydroxyl groups excluding tert-OH is 1. The molecule has 1 unspecified atom stereocenters. The number of anilines is 1. The van der Waals surface area contributed by atoms with Gasteiger partial charge >= 0.3 is 5.91 Å². The lowest BCUT2D eigenvalue weighted by Crippen LogP contribution is -2.29. The molecule has 0 saturated carbocycles. The second-order valence-electron chi connectivity index (χ2n) is 11.4. The minimum absolute atomic E-state index is 0.0658. The minimum Gasteiger partial charge on any atom is -0.505 e. The van der Waals surface area contributed by atoms with E-state index in [4.69, 9.17) is 19.2 Å². The van der Waals surface area contributed by atoms with Gasteiger partial charge in [-0.25, -0.2) is 9.97 Å². The second kappa shape index (κ2) is 12.8. The van der Waals surface area contributed by atoms with E-state index in [1.54, 1.807) is 35.7 Å². The quantitative estimate of drug-likeness (QED) is 0.0924. The number of pyridine rings is 1. The van der Waals surface area contributed by atoms with E-state index in [2.05, 4.69) is 18.8 Å². The first-order valence-electron chi connectivity index (χ1n) is 15.4. The van der Waals surface area contributed by atoms with Crippen LogP contribution in [0.2, 0.25) is 0 Å². The highest BCUT2D eigenvalue weighted by Crippen LogP contribution is 2.46. The van der Waals surface area contributed by atoms with Gasteiger partial charge in [0.15, 0.2) is 22.4 Å². The Bertz CT molecular complexity index is 1980. The van der Waals surface area contributed by atoms with Crippen LogP contribution in [0.15, 0.2) is 66.4 Å². The number of rotatable bonds is 11. The van der Waals surface area contributed by atoms with Crippen LogP contribution >= 0.6 is 11.3 Å². The third-order valence-electron chi connectivity index (χ3n) is 7.77. The molecule has 0 radical (unpaired) electrons. The zero-order chi connectivity index (χ0) is 32.5. The number of aromatic nitrogens is 3. The third kappa shape index (κ3) is 5.66. The fourth-order valence-corrected chi connectivity index (χ4v) is 6.63. The predicted octanol–water partition coefficient (Wildman–Crippen LogP) is 7.10. The van der Waals surface area contributed by atoms with Crippen LogP contribution in [0.3, 0.4) is 0 Å². The van der Waals surface area contributed by atoms with Crippen LogP contribution < -0.4 is 19.1 Å². The third-order valence-corrected chi connectivity index (χ3v) is 8.79. The molecule has 5 aromatic rings. The number of aryl methyl sites for hydroxylation is 1. The molecule has 46 heavy (non-hydrogen) atoms. The van der Waals surface area contributed by atoms with Crippen LogP contribution in [0.5, 0.6) is 17.2 Å². The van der Waals surface area contributed by atoms with E-state index in [1.807, 2.05) is 50.2 Å². The van der Waals surface area contributed by atoms with Gasteiger partial charge in [0.05, 0.1) is 47.3 Å². The molecule has 0 aliphatic carbocycles. The zero-order valence-electron chi connectivity index (χ0n) is 26.4. The number of carbonyl (C=O) groups is 2. The molecule has 11 heteroatoms. The number of imidazole rings is 1. The van der Waals surface area contributed by atoms with Crippen LogP contribution in [0.4, 0.5) is 5.13 Å². The molecule has 4 heterocycles. The molecule has 1 atom stereocenters. The van der Waals surface area contributed by atoms with Gasteiger partial charge < -0.3 is 19.3 Å². The Kier molecular flexibility index (Phi) is 8.68. The molecule has 1 fully saturated rings. The largest absolute Gasteiger partial charge is 0.505 e. The summed E-state index contributed by atoms with van der Waals surface area (Å²) < 4.78 is 20.2. The van der Waals surface area contributed by atoms with Crippen molar-refractivity contribution in [3.8, 4) is 17.2 Å². The summed E-state index contributed by atoms with van der Waals surface area (Å²) in [7, 11) is 0. The molecule has 2 aromatic carbocycles. The number of fused-ring (bicyclic) bond motifs is 2. The van der Waals surface area contributed by atoms with Gasteiger partial charge in [-0.05, 0) is 81.1 Å². The average molecular weight is 641 g/mol. The Labute approximate surface area is 270 Å². The lowest BCUT2D eigenvalue weighted by atomic mass is 9.96. The Morgan fingerprint density at radius 2 is 1.78 bits per heavy atom. The summed E-state index contributed by atoms with van der Waals surface area (Å²) in [6.45, 7) is 11.2. The number of carbonyl (C=O) groups excluding carboxylic acids is 2. The summed E-state index contributed by atoms with van der Waals surface area (Å²) in [6.07, 6.45) is 2.63. The number of Topliss-reactive ketones (excluding diaryl/α,β-unsaturated/α-hetero) is 1. The van der Waals surface area contributed by atoms with Crippen molar-refractivity contribution in [2.24, 2.45) is 5.92 Å². The molecule has 1 N–H and O–H groups in total. The van der Waals surface area contributed by atoms with Crippen LogP contribution in [-0.4, -0.2) is 51.0 Å². The van der Waals surface area contributed by atoms with Crippen LogP contribution in [0, 0.1) is 12.8 Å². The maximum absolute atomic E-state index is 14.0. The van der Waals surface area contributed by atoms with Crippen molar-refractivity contribution in [1.82, 2.24) is 14.4 Å². The summed E-state index contributed by atoms with van der Waals surface area (Å²) in [4.78, 5) is 38.6. The van der Waals surface area contributed by atoms with Gasteiger partial charge in [0, 0.05) is 6.20 Å². The predicted molar refractivity (Wildman–Crippen MR) is 178 cm³/mol. The molecule has 0 spiro atoms. The number of nitrogens with zero attached hydrogens (tertiary/aromatic N) is 4. The van der Waals surface area contributed by atoms with E-state index in [9.17, 15) is 14.7 Å². The zero-order valence-corrected chi connectivity index (χ0v) is 27.3. The molecule has 1 amide bonds. The molecule has 1 aliphatic rings. The number of ketones is 1. The first-order valence-corrected chi connectivity index (χ1v) is 16.2. The Morgan fingerprint density at radius 1 is 0.978 bits per heavy atom. The van der Waals surface area contributed by atoms with Crippen LogP contribution in [-0.2, 0) is 9.59 Å². The highest BCUT2D eigenvalue weighted by molar-refractivity contribution is 7.22. The van der Waals surface area contributed by atoms with Crippen molar-refractivity contribution >= 4 is 49.8 Å². The number of ether oxygens (including phenoxy) is 3. The summed E-state index contributed by atoms with van der Waals surface area (Å²) >= 11 is 1.27. The normalized spacial score (nSPS) is 16.2. The van der Waals surface area contributed by atoms with Gasteiger partial charge in [-0.3, -0.25) is 18.9 Å². The molecular formula is C35H36N4O6S. The van der Waals surface area contributed by atoms with E-state index in [-0.39, 0.29) is 11.3 Å². The number of hydrogen-bond donors (Lipinski definition) is 1. The fourth-order valence-electron chi connectivity index (χ4n) is 5.61. The fraction of sp³-hybridized carbons (Fsp3) is 0.314. The number of thiazole rings is 1. The van der Waals surface area contributed by atoms with E-state index < -0.39 is 17.7 Å². The summed E-state index contributed by atoms with van der Waals surface area (Å²) in [5.41, 5.74) is 2.60. The first-order chi connectivity index (χ1) is 22.2. The topological polar surface area (TPSA) is 115 Å². The molecule has 238 valence electrons. The summed E-state index contributed by atoms with van der Waals surface area (Å²) in [5.74, 6) is 0.249. The maximum atomic E-state index is 14.0. The molecule has 0 bridgehead atoms. The highest BCUT2D eigenvalue weighted by atomic mass is 32.1. The van der Waals surface area contributed by atoms with E-state index in [0.29, 0.717) is 76.2 Å². The van der Waals surface area contributed by atoms with Gasteiger partial charge in [0.25, 0.3) is 5.78 Å². The van der Waals surface area contributed by atoms with Crippen molar-refractivity contribution in [2.45, 2.75) is 47.1 Å². The number of aliphatic hydroxyl groups is 1. The van der Waals surface area contributed by atoms with E-state index in [0.717, 1.165) is 11.1 Å². The van der Waals surface area contributed by atoms with E-state index in [1.165, 1.54) is 16.2 Å². The van der Waals surface area contributed by atoms with Gasteiger partial charge in [0.1, 0.15) is 17.1 Å². The number of benzene rings is 2. The van der Waals surface area contributed by atoms with Crippen molar-refractivity contribution in [1.29, 1.82) is 0 Å². The molecule has 1 aliphatic heterocycles. The average Bonchev–Trinajstić information content (AvgIpc) is 3.68. The monoisotopic (exact) mass is 640 g/mol.